The van der Waals surface area contributed by atoms with Crippen LogP contribution in [-0.4, -0.2) is 42.6 Å². The number of aromatic nitrogens is 1. The molecular weight excluding hydrogens is 312 g/mol. The number of hydrogen-bond acceptors (Lipinski definition) is 3. The molecule has 5 heteroatoms. The third kappa shape index (κ3) is 6.45. The number of nitrogens with zero attached hydrogens (tertiary/aromatic N) is 3. The summed E-state index contributed by atoms with van der Waals surface area (Å²) < 4.78 is 5.49. The van der Waals surface area contributed by atoms with Gasteiger partial charge in [0.2, 0.25) is 0 Å². The van der Waals surface area contributed by atoms with Crippen molar-refractivity contribution in [2.75, 3.05) is 26.7 Å². The topological polar surface area (TPSA) is 49.8 Å². The van der Waals surface area contributed by atoms with Gasteiger partial charge < -0.3 is 15.0 Å². The van der Waals surface area contributed by atoms with E-state index >= 15 is 0 Å². The molecule has 1 aromatic heterocycles. The lowest BCUT2D eigenvalue weighted by Crippen LogP contribution is -2.38. The van der Waals surface area contributed by atoms with Gasteiger partial charge in [0.15, 0.2) is 5.96 Å². The third-order valence-corrected chi connectivity index (χ3v) is 3.74. The molecule has 0 saturated carbocycles. The van der Waals surface area contributed by atoms with Gasteiger partial charge in [0.05, 0.1) is 6.61 Å². The van der Waals surface area contributed by atoms with Crippen LogP contribution in [-0.2, 0) is 13.0 Å². The largest absolute Gasteiger partial charge is 0.494 e. The van der Waals surface area contributed by atoms with E-state index in [-0.39, 0.29) is 0 Å². The van der Waals surface area contributed by atoms with Gasteiger partial charge in [0, 0.05) is 39.1 Å². The number of benzene rings is 1. The molecule has 0 saturated heterocycles. The van der Waals surface area contributed by atoms with Gasteiger partial charge in [-0.2, -0.15) is 0 Å². The Morgan fingerprint density at radius 3 is 2.60 bits per heavy atom. The molecule has 0 unspecified atom stereocenters. The van der Waals surface area contributed by atoms with Crippen LogP contribution in [0.4, 0.5) is 0 Å². The molecule has 0 amide bonds. The zero-order chi connectivity index (χ0) is 17.9. The van der Waals surface area contributed by atoms with Crippen molar-refractivity contribution in [3.8, 4) is 5.75 Å². The standard InChI is InChI=1S/C20H28N4O/c1-4-22-20(23-14-12-17-7-6-13-21-15-17)24(3)16-18-8-10-19(11-9-18)25-5-2/h6-11,13,15H,4-5,12,14,16H2,1-3H3,(H,22,23). The summed E-state index contributed by atoms with van der Waals surface area (Å²) in [6, 6.07) is 12.3. The molecule has 2 aromatic rings. The Bertz CT molecular complexity index is 641. The number of aliphatic imine (C=N–C) groups is 1. The summed E-state index contributed by atoms with van der Waals surface area (Å²) in [7, 11) is 2.06. The van der Waals surface area contributed by atoms with Crippen LogP contribution in [0, 0.1) is 0 Å². The maximum atomic E-state index is 5.49. The molecule has 25 heavy (non-hydrogen) atoms. The van der Waals surface area contributed by atoms with E-state index in [2.05, 4.69) is 47.4 Å². The van der Waals surface area contributed by atoms with Gasteiger partial charge in [-0.05, 0) is 49.6 Å². The number of hydrogen-bond donors (Lipinski definition) is 1. The summed E-state index contributed by atoms with van der Waals surface area (Å²) in [5.41, 5.74) is 2.43. The van der Waals surface area contributed by atoms with Gasteiger partial charge in [-0.3, -0.25) is 9.98 Å². The highest BCUT2D eigenvalue weighted by molar-refractivity contribution is 5.79. The number of nitrogens with one attached hydrogen (secondary N) is 1. The molecule has 1 N–H and O–H groups in total. The third-order valence-electron chi connectivity index (χ3n) is 3.74. The molecule has 0 atom stereocenters. The molecule has 5 nitrogen and oxygen atoms in total. The van der Waals surface area contributed by atoms with Gasteiger partial charge in [-0.1, -0.05) is 18.2 Å². The lowest BCUT2D eigenvalue weighted by atomic mass is 10.2. The number of ether oxygens (including phenoxy) is 1. The van der Waals surface area contributed by atoms with Crippen LogP contribution in [0.5, 0.6) is 5.75 Å². The molecule has 134 valence electrons. The second kappa shape index (κ2) is 10.3. The van der Waals surface area contributed by atoms with Crippen molar-refractivity contribution in [2.45, 2.75) is 26.8 Å². The van der Waals surface area contributed by atoms with Crippen molar-refractivity contribution in [3.63, 3.8) is 0 Å². The van der Waals surface area contributed by atoms with Crippen LogP contribution >= 0.6 is 0 Å². The summed E-state index contributed by atoms with van der Waals surface area (Å²) >= 11 is 0. The molecule has 0 aliphatic carbocycles. The number of rotatable bonds is 8. The first-order valence-corrected chi connectivity index (χ1v) is 8.83. The van der Waals surface area contributed by atoms with Crippen LogP contribution in [0.25, 0.3) is 0 Å². The van der Waals surface area contributed by atoms with E-state index in [1.165, 1.54) is 11.1 Å². The Labute approximate surface area is 150 Å². The fraction of sp³-hybridized carbons (Fsp3) is 0.400. The molecule has 0 bridgehead atoms. The summed E-state index contributed by atoms with van der Waals surface area (Å²) in [5, 5.41) is 3.36. The van der Waals surface area contributed by atoms with Crippen LogP contribution < -0.4 is 10.1 Å². The van der Waals surface area contributed by atoms with Gasteiger partial charge in [-0.25, -0.2) is 0 Å². The summed E-state index contributed by atoms with van der Waals surface area (Å²) in [5.74, 6) is 1.83. The fourth-order valence-corrected chi connectivity index (χ4v) is 2.51. The minimum absolute atomic E-state index is 0.688. The van der Waals surface area contributed by atoms with Crippen LogP contribution in [0.15, 0.2) is 53.8 Å². The highest BCUT2D eigenvalue weighted by atomic mass is 16.5. The summed E-state index contributed by atoms with van der Waals surface area (Å²) in [6.07, 6.45) is 4.58. The first-order chi connectivity index (χ1) is 12.2. The Morgan fingerprint density at radius 2 is 1.96 bits per heavy atom. The van der Waals surface area contributed by atoms with Crippen molar-refractivity contribution < 1.29 is 4.74 Å². The van der Waals surface area contributed by atoms with Crippen molar-refractivity contribution in [3.05, 3.63) is 59.9 Å². The predicted octanol–water partition coefficient (Wildman–Crippen LogP) is 3.12. The Morgan fingerprint density at radius 1 is 1.16 bits per heavy atom. The Kier molecular flexibility index (Phi) is 7.76. The van der Waals surface area contributed by atoms with Crippen LogP contribution in [0.1, 0.15) is 25.0 Å². The SMILES string of the molecule is CCNC(=NCCc1cccnc1)N(C)Cc1ccc(OCC)cc1. The monoisotopic (exact) mass is 340 g/mol. The minimum atomic E-state index is 0.688. The van der Waals surface area contributed by atoms with Crippen molar-refractivity contribution in [2.24, 2.45) is 4.99 Å². The molecule has 0 aliphatic rings. The highest BCUT2D eigenvalue weighted by Crippen LogP contribution is 2.13. The van der Waals surface area contributed by atoms with E-state index in [0.717, 1.165) is 37.8 Å². The maximum Gasteiger partial charge on any atom is 0.193 e. The highest BCUT2D eigenvalue weighted by Gasteiger charge is 2.06. The average molecular weight is 340 g/mol. The molecule has 0 spiro atoms. The Balaban J connectivity index is 1.94. The first kappa shape index (κ1) is 18.8. The van der Waals surface area contributed by atoms with E-state index < -0.39 is 0 Å². The normalized spacial score (nSPS) is 11.2. The predicted molar refractivity (Wildman–Crippen MR) is 103 cm³/mol. The van der Waals surface area contributed by atoms with Crippen molar-refractivity contribution >= 4 is 5.96 Å². The molecule has 2 rings (SSSR count). The minimum Gasteiger partial charge on any atom is -0.494 e. The van der Waals surface area contributed by atoms with Crippen LogP contribution in [0.3, 0.4) is 0 Å². The second-order valence-corrected chi connectivity index (χ2v) is 5.78. The van der Waals surface area contributed by atoms with Gasteiger partial charge >= 0.3 is 0 Å². The smallest absolute Gasteiger partial charge is 0.193 e. The zero-order valence-electron chi connectivity index (χ0n) is 15.4. The molecular formula is C20H28N4O. The first-order valence-electron chi connectivity index (χ1n) is 8.83. The van der Waals surface area contributed by atoms with Crippen molar-refractivity contribution in [1.82, 2.24) is 15.2 Å². The molecule has 0 fully saturated rings. The van der Waals surface area contributed by atoms with Crippen molar-refractivity contribution in [1.29, 1.82) is 0 Å². The van der Waals surface area contributed by atoms with Gasteiger partial charge in [-0.15, -0.1) is 0 Å². The molecule has 1 heterocycles. The second-order valence-electron chi connectivity index (χ2n) is 5.78. The number of guanidine groups is 1. The average Bonchev–Trinajstić information content (AvgIpc) is 2.64. The van der Waals surface area contributed by atoms with E-state index in [0.29, 0.717) is 6.61 Å². The lowest BCUT2D eigenvalue weighted by molar-refractivity contribution is 0.340. The number of pyridine rings is 1. The fourth-order valence-electron chi connectivity index (χ4n) is 2.51. The van der Waals surface area contributed by atoms with E-state index in [9.17, 15) is 0 Å². The molecule has 1 aromatic carbocycles. The van der Waals surface area contributed by atoms with Gasteiger partial charge in [0.1, 0.15) is 5.75 Å². The van der Waals surface area contributed by atoms with Crippen LogP contribution in [0.2, 0.25) is 0 Å². The Hall–Kier alpha value is -2.56. The van der Waals surface area contributed by atoms with E-state index in [1.807, 2.05) is 31.3 Å². The van der Waals surface area contributed by atoms with E-state index in [1.54, 1.807) is 6.20 Å². The quantitative estimate of drug-likeness (QED) is 0.592. The molecule has 0 radical (unpaired) electrons. The maximum absolute atomic E-state index is 5.49. The summed E-state index contributed by atoms with van der Waals surface area (Å²) in [4.78, 5) is 11.0. The summed E-state index contributed by atoms with van der Waals surface area (Å²) in [6.45, 7) is 7.15. The molecule has 0 aliphatic heterocycles. The van der Waals surface area contributed by atoms with E-state index in [4.69, 9.17) is 9.73 Å². The van der Waals surface area contributed by atoms with Gasteiger partial charge in [0.25, 0.3) is 0 Å². The lowest BCUT2D eigenvalue weighted by Gasteiger charge is -2.22. The zero-order valence-corrected chi connectivity index (χ0v) is 15.4.